The highest BCUT2D eigenvalue weighted by Gasteiger charge is 2.33. The van der Waals surface area contributed by atoms with Gasteiger partial charge in [0, 0.05) is 36.8 Å². The van der Waals surface area contributed by atoms with E-state index in [1.165, 1.54) is 24.1 Å². The molecule has 2 aliphatic rings. The number of nitrogens with one attached hydrogen (secondary N) is 1. The maximum absolute atomic E-state index is 10.5. The van der Waals surface area contributed by atoms with Gasteiger partial charge >= 0.3 is 0 Å². The number of rotatable bonds is 4. The van der Waals surface area contributed by atoms with Gasteiger partial charge in [-0.2, -0.15) is 15.0 Å². The summed E-state index contributed by atoms with van der Waals surface area (Å²) in [6, 6.07) is 10.9. The summed E-state index contributed by atoms with van der Waals surface area (Å²) in [7, 11) is 2.11. The van der Waals surface area contributed by atoms with Crippen LogP contribution in [0, 0.1) is 0 Å². The standard InChI is InChI=1S/C21H25N7O/c1-27(17-11-14-3-2-4-15(12-17)24-14)21-8-7-19(25-26-21)18-6-5-16(13-20(18)29)28-22-9-10-23-28/h5-10,13-15,17,24,29H,2-4,11-12H2,1H3/t14-,15+,17-. The minimum absolute atomic E-state index is 0.126. The van der Waals surface area contributed by atoms with Crippen molar-refractivity contribution in [1.82, 2.24) is 30.5 Å². The van der Waals surface area contributed by atoms with E-state index in [1.54, 1.807) is 18.5 Å². The number of piperidine rings is 2. The van der Waals surface area contributed by atoms with E-state index in [-0.39, 0.29) is 5.75 Å². The van der Waals surface area contributed by atoms with Gasteiger partial charge in [0.25, 0.3) is 0 Å². The van der Waals surface area contributed by atoms with Gasteiger partial charge in [-0.1, -0.05) is 6.42 Å². The summed E-state index contributed by atoms with van der Waals surface area (Å²) >= 11 is 0. The first kappa shape index (κ1) is 18.1. The van der Waals surface area contributed by atoms with Crippen LogP contribution in [0.2, 0.25) is 0 Å². The van der Waals surface area contributed by atoms with Crippen LogP contribution in [0.5, 0.6) is 5.75 Å². The van der Waals surface area contributed by atoms with Gasteiger partial charge in [0.2, 0.25) is 0 Å². The predicted molar refractivity (Wildman–Crippen MR) is 110 cm³/mol. The van der Waals surface area contributed by atoms with E-state index in [2.05, 4.69) is 37.7 Å². The van der Waals surface area contributed by atoms with Crippen LogP contribution in [0.15, 0.2) is 42.7 Å². The summed E-state index contributed by atoms with van der Waals surface area (Å²) in [5.74, 6) is 0.997. The molecule has 3 aromatic rings. The Morgan fingerprint density at radius 1 is 1.03 bits per heavy atom. The summed E-state index contributed by atoms with van der Waals surface area (Å²) in [5, 5.41) is 31.2. The monoisotopic (exact) mass is 391 g/mol. The summed E-state index contributed by atoms with van der Waals surface area (Å²) < 4.78 is 0. The third kappa shape index (κ3) is 3.55. The van der Waals surface area contributed by atoms with Gasteiger partial charge in [0.15, 0.2) is 5.82 Å². The second-order valence-corrected chi connectivity index (χ2v) is 8.02. The van der Waals surface area contributed by atoms with Gasteiger partial charge < -0.3 is 15.3 Å². The number of aromatic hydroxyl groups is 1. The fourth-order valence-corrected chi connectivity index (χ4v) is 4.61. The molecule has 2 N–H and O–H groups in total. The zero-order valence-corrected chi connectivity index (χ0v) is 16.4. The number of benzene rings is 1. The quantitative estimate of drug-likeness (QED) is 0.706. The van der Waals surface area contributed by atoms with Crippen molar-refractivity contribution >= 4 is 5.82 Å². The maximum Gasteiger partial charge on any atom is 0.151 e. The average molecular weight is 391 g/mol. The highest BCUT2D eigenvalue weighted by atomic mass is 16.3. The van der Waals surface area contributed by atoms with Crippen molar-refractivity contribution in [3.05, 3.63) is 42.7 Å². The van der Waals surface area contributed by atoms with Gasteiger partial charge in [-0.15, -0.1) is 10.2 Å². The zero-order valence-electron chi connectivity index (χ0n) is 16.4. The molecular weight excluding hydrogens is 366 g/mol. The van der Waals surface area contributed by atoms with Crippen molar-refractivity contribution in [2.24, 2.45) is 0 Å². The van der Waals surface area contributed by atoms with Crippen LogP contribution in [-0.2, 0) is 0 Å². The van der Waals surface area contributed by atoms with Crippen molar-refractivity contribution in [1.29, 1.82) is 0 Å². The lowest BCUT2D eigenvalue weighted by Crippen LogP contribution is -2.54. The molecule has 5 rings (SSSR count). The Morgan fingerprint density at radius 3 is 2.45 bits per heavy atom. The van der Waals surface area contributed by atoms with Crippen LogP contribution >= 0.6 is 0 Å². The molecule has 0 spiro atoms. The maximum atomic E-state index is 10.5. The van der Waals surface area contributed by atoms with Crippen LogP contribution in [-0.4, -0.2) is 55.5 Å². The third-order valence-electron chi connectivity index (χ3n) is 6.16. The molecule has 0 radical (unpaired) electrons. The first-order valence-corrected chi connectivity index (χ1v) is 10.2. The fraction of sp³-hybridized carbons (Fsp3) is 0.429. The number of fused-ring (bicyclic) bond motifs is 2. The second kappa shape index (κ2) is 7.44. The Bertz CT molecular complexity index is 961. The minimum Gasteiger partial charge on any atom is -0.507 e. The molecule has 0 saturated carbocycles. The molecular formula is C21H25N7O. The fourth-order valence-electron chi connectivity index (χ4n) is 4.61. The highest BCUT2D eigenvalue weighted by molar-refractivity contribution is 5.68. The predicted octanol–water partition coefficient (Wildman–Crippen LogP) is 2.54. The molecule has 8 nitrogen and oxygen atoms in total. The average Bonchev–Trinajstić information content (AvgIpc) is 3.28. The van der Waals surface area contributed by atoms with Gasteiger partial charge in [-0.25, -0.2) is 0 Å². The molecule has 2 bridgehead atoms. The summed E-state index contributed by atoms with van der Waals surface area (Å²) in [5.41, 5.74) is 1.97. The third-order valence-corrected chi connectivity index (χ3v) is 6.16. The lowest BCUT2D eigenvalue weighted by atomic mass is 9.83. The van der Waals surface area contributed by atoms with Crippen molar-refractivity contribution in [2.75, 3.05) is 11.9 Å². The van der Waals surface area contributed by atoms with Crippen molar-refractivity contribution in [2.45, 2.75) is 50.2 Å². The topological polar surface area (TPSA) is 92.0 Å². The normalized spacial score (nSPS) is 23.7. The SMILES string of the molecule is CN(c1ccc(-c2ccc(-n3nccn3)cc2O)nn1)[C@@H]1C[C@H]2CCC[C@@H](C1)N2. The summed E-state index contributed by atoms with van der Waals surface area (Å²) in [6.45, 7) is 0. The molecule has 0 unspecified atom stereocenters. The molecule has 4 heterocycles. The number of nitrogens with zero attached hydrogens (tertiary/aromatic N) is 6. The van der Waals surface area contributed by atoms with Crippen LogP contribution < -0.4 is 10.2 Å². The minimum atomic E-state index is 0.126. The van der Waals surface area contributed by atoms with E-state index in [0.717, 1.165) is 18.7 Å². The Morgan fingerprint density at radius 2 is 1.79 bits per heavy atom. The molecule has 0 amide bonds. The molecule has 29 heavy (non-hydrogen) atoms. The Kier molecular flexibility index (Phi) is 4.63. The Hall–Kier alpha value is -3.00. The lowest BCUT2D eigenvalue weighted by Gasteiger charge is -2.43. The Labute approximate surface area is 169 Å². The number of anilines is 1. The number of phenolic OH excluding ortho intramolecular Hbond substituents is 1. The molecule has 2 fully saturated rings. The van der Waals surface area contributed by atoms with E-state index < -0.39 is 0 Å². The molecule has 2 saturated heterocycles. The number of phenols is 1. The van der Waals surface area contributed by atoms with E-state index in [9.17, 15) is 5.11 Å². The molecule has 8 heteroatoms. The lowest BCUT2D eigenvalue weighted by molar-refractivity contribution is 0.219. The first-order valence-electron chi connectivity index (χ1n) is 10.2. The van der Waals surface area contributed by atoms with Crippen molar-refractivity contribution < 1.29 is 5.11 Å². The van der Waals surface area contributed by atoms with Gasteiger partial charge in [0.05, 0.1) is 23.8 Å². The smallest absolute Gasteiger partial charge is 0.151 e. The van der Waals surface area contributed by atoms with Crippen molar-refractivity contribution in [3.63, 3.8) is 0 Å². The van der Waals surface area contributed by atoms with Crippen LogP contribution in [0.4, 0.5) is 5.82 Å². The largest absolute Gasteiger partial charge is 0.507 e. The first-order chi connectivity index (χ1) is 14.2. The number of aromatic nitrogens is 5. The van der Waals surface area contributed by atoms with E-state index in [4.69, 9.17) is 0 Å². The number of hydrogen-bond donors (Lipinski definition) is 2. The Balaban J connectivity index is 1.33. The van der Waals surface area contributed by atoms with Gasteiger partial charge in [0.1, 0.15) is 5.75 Å². The molecule has 150 valence electrons. The molecule has 2 aliphatic heterocycles. The van der Waals surface area contributed by atoms with Crippen molar-refractivity contribution in [3.8, 4) is 22.7 Å². The van der Waals surface area contributed by atoms with Gasteiger partial charge in [-0.3, -0.25) is 0 Å². The van der Waals surface area contributed by atoms with E-state index in [0.29, 0.717) is 35.1 Å². The zero-order chi connectivity index (χ0) is 19.8. The molecule has 3 atom stereocenters. The van der Waals surface area contributed by atoms with Crippen LogP contribution in [0.3, 0.4) is 0 Å². The van der Waals surface area contributed by atoms with E-state index >= 15 is 0 Å². The van der Waals surface area contributed by atoms with Gasteiger partial charge in [-0.05, 0) is 49.9 Å². The molecule has 0 aliphatic carbocycles. The second-order valence-electron chi connectivity index (χ2n) is 8.02. The van der Waals surface area contributed by atoms with E-state index in [1.807, 2.05) is 24.3 Å². The van der Waals surface area contributed by atoms with Crippen LogP contribution in [0.25, 0.3) is 16.9 Å². The van der Waals surface area contributed by atoms with Crippen LogP contribution in [0.1, 0.15) is 32.1 Å². The summed E-state index contributed by atoms with van der Waals surface area (Å²) in [4.78, 5) is 3.72. The molecule has 1 aromatic carbocycles. The molecule has 2 aromatic heterocycles. The number of hydrogen-bond acceptors (Lipinski definition) is 7. The summed E-state index contributed by atoms with van der Waals surface area (Å²) in [6.07, 6.45) is 9.39. The highest BCUT2D eigenvalue weighted by Crippen LogP contribution is 2.32.